The lowest BCUT2D eigenvalue weighted by molar-refractivity contribution is -0.139. The third-order valence-corrected chi connectivity index (χ3v) is 7.28. The summed E-state index contributed by atoms with van der Waals surface area (Å²) in [7, 11) is 0. The number of rotatable bonds is 9. The fourth-order valence-electron chi connectivity index (χ4n) is 4.57. The van der Waals surface area contributed by atoms with Gasteiger partial charge in [-0.3, -0.25) is 9.59 Å². The maximum atomic E-state index is 12.9. The summed E-state index contributed by atoms with van der Waals surface area (Å²) in [5.74, 6) is -2.67. The Morgan fingerprint density at radius 1 is 0.925 bits per heavy atom. The normalized spacial score (nSPS) is 15.3. The molecule has 0 fully saturated rings. The van der Waals surface area contributed by atoms with Crippen molar-refractivity contribution >= 4 is 47.0 Å². The Kier molecular flexibility index (Phi) is 9.29. The van der Waals surface area contributed by atoms with Crippen LogP contribution in [0.15, 0.2) is 66.7 Å². The molecule has 5 N–H and O–H groups in total. The van der Waals surface area contributed by atoms with E-state index >= 15 is 0 Å². The SMILES string of the molecule is C[C@H](NC(=O)c1cc(Cl)c(C(=O)N[C@@H](CNC(=O)N[C@@H]2CCc3ccccc32)C(=O)O)c(Cl)c1)c1ccccc1. The Bertz CT molecular complexity index is 1410. The van der Waals surface area contributed by atoms with Crippen molar-refractivity contribution in [1.29, 1.82) is 0 Å². The van der Waals surface area contributed by atoms with E-state index in [4.69, 9.17) is 23.2 Å². The summed E-state index contributed by atoms with van der Waals surface area (Å²) in [6.45, 7) is 1.44. The summed E-state index contributed by atoms with van der Waals surface area (Å²) in [6.07, 6.45) is 1.57. The van der Waals surface area contributed by atoms with Gasteiger partial charge in [0.15, 0.2) is 0 Å². The number of carbonyl (C=O) groups excluding carboxylic acids is 3. The first-order valence-corrected chi connectivity index (χ1v) is 13.4. The number of nitrogens with one attached hydrogen (secondary N) is 4. The topological polar surface area (TPSA) is 137 Å². The highest BCUT2D eigenvalue weighted by atomic mass is 35.5. The van der Waals surface area contributed by atoms with E-state index in [1.54, 1.807) is 0 Å². The van der Waals surface area contributed by atoms with Crippen molar-refractivity contribution in [2.24, 2.45) is 0 Å². The predicted octanol–water partition coefficient (Wildman–Crippen LogP) is 4.65. The van der Waals surface area contributed by atoms with Gasteiger partial charge in [0.05, 0.1) is 34.2 Å². The average Bonchev–Trinajstić information content (AvgIpc) is 3.33. The summed E-state index contributed by atoms with van der Waals surface area (Å²) in [5, 5.41) is 19.9. The smallest absolute Gasteiger partial charge is 0.328 e. The molecule has 0 heterocycles. The predicted molar refractivity (Wildman–Crippen MR) is 152 cm³/mol. The van der Waals surface area contributed by atoms with Crippen molar-refractivity contribution in [1.82, 2.24) is 21.3 Å². The van der Waals surface area contributed by atoms with Crippen LogP contribution in [0.3, 0.4) is 0 Å². The highest BCUT2D eigenvalue weighted by molar-refractivity contribution is 6.40. The van der Waals surface area contributed by atoms with Crippen LogP contribution >= 0.6 is 23.2 Å². The van der Waals surface area contributed by atoms with Crippen molar-refractivity contribution in [3.63, 3.8) is 0 Å². The summed E-state index contributed by atoms with van der Waals surface area (Å²) in [4.78, 5) is 50.0. The van der Waals surface area contributed by atoms with E-state index in [2.05, 4.69) is 21.3 Å². The molecule has 11 heteroatoms. The maximum Gasteiger partial charge on any atom is 0.328 e. The van der Waals surface area contributed by atoms with Crippen molar-refractivity contribution in [3.05, 3.63) is 105 Å². The van der Waals surface area contributed by atoms with Crippen LogP contribution in [-0.2, 0) is 11.2 Å². The molecule has 1 aliphatic rings. The number of carboxylic acids is 1. The van der Waals surface area contributed by atoms with Crippen LogP contribution in [0.25, 0.3) is 0 Å². The van der Waals surface area contributed by atoms with Gasteiger partial charge < -0.3 is 26.4 Å². The van der Waals surface area contributed by atoms with E-state index in [1.807, 2.05) is 61.5 Å². The van der Waals surface area contributed by atoms with E-state index in [0.717, 1.165) is 29.5 Å². The third kappa shape index (κ3) is 6.91. The van der Waals surface area contributed by atoms with E-state index in [9.17, 15) is 24.3 Å². The van der Waals surface area contributed by atoms with Gasteiger partial charge in [-0.15, -0.1) is 0 Å². The highest BCUT2D eigenvalue weighted by Gasteiger charge is 2.27. The minimum absolute atomic E-state index is 0.128. The number of fused-ring (bicyclic) bond motifs is 1. The zero-order chi connectivity index (χ0) is 28.8. The van der Waals surface area contributed by atoms with Gasteiger partial charge in [0.2, 0.25) is 0 Å². The van der Waals surface area contributed by atoms with Crippen molar-refractivity contribution in [2.45, 2.75) is 37.9 Å². The fraction of sp³-hybridized carbons (Fsp3) is 0.241. The Labute approximate surface area is 241 Å². The Morgan fingerprint density at radius 2 is 1.57 bits per heavy atom. The molecule has 4 amide bonds. The van der Waals surface area contributed by atoms with Crippen LogP contribution in [0, 0.1) is 0 Å². The van der Waals surface area contributed by atoms with Crippen LogP contribution in [0.2, 0.25) is 10.0 Å². The molecule has 208 valence electrons. The molecule has 3 aromatic carbocycles. The molecular weight excluding hydrogens is 555 g/mol. The standard InChI is InChI=1S/C29H28Cl2N4O5/c1-16(17-7-3-2-4-8-17)33-26(36)19-13-21(30)25(22(31)14-19)27(37)34-24(28(38)39)15-32-29(40)35-23-12-11-18-9-5-6-10-20(18)23/h2-10,13-14,16,23-24H,11-12,15H2,1H3,(H,33,36)(H,34,37)(H,38,39)(H2,32,35,40)/t16-,23+,24-/m0/s1. The molecule has 40 heavy (non-hydrogen) atoms. The van der Waals surface area contributed by atoms with Gasteiger partial charge in [0.1, 0.15) is 6.04 Å². The van der Waals surface area contributed by atoms with Crippen LogP contribution in [0.1, 0.15) is 62.8 Å². The maximum absolute atomic E-state index is 12.9. The quantitative estimate of drug-likeness (QED) is 0.250. The molecule has 0 spiro atoms. The van der Waals surface area contributed by atoms with Crippen LogP contribution < -0.4 is 21.3 Å². The van der Waals surface area contributed by atoms with Gasteiger partial charge in [-0.1, -0.05) is 77.8 Å². The fourth-order valence-corrected chi connectivity index (χ4v) is 5.23. The molecule has 1 aliphatic carbocycles. The first-order valence-electron chi connectivity index (χ1n) is 12.6. The molecule has 0 saturated heterocycles. The van der Waals surface area contributed by atoms with Gasteiger partial charge in [-0.05, 0) is 48.6 Å². The van der Waals surface area contributed by atoms with E-state index in [0.29, 0.717) is 0 Å². The molecule has 3 atom stereocenters. The van der Waals surface area contributed by atoms with Gasteiger partial charge in [0.25, 0.3) is 11.8 Å². The monoisotopic (exact) mass is 582 g/mol. The number of carboxylic acid groups (broad SMARTS) is 1. The molecule has 0 saturated carbocycles. The second-order valence-electron chi connectivity index (χ2n) is 9.43. The lowest BCUT2D eigenvalue weighted by Crippen LogP contribution is -2.50. The van der Waals surface area contributed by atoms with Crippen LogP contribution in [-0.4, -0.2) is 41.5 Å². The number of hydrogen-bond acceptors (Lipinski definition) is 4. The number of benzene rings is 3. The summed E-state index contributed by atoms with van der Waals surface area (Å²) < 4.78 is 0. The minimum Gasteiger partial charge on any atom is -0.480 e. The minimum atomic E-state index is -1.46. The van der Waals surface area contributed by atoms with E-state index in [-0.39, 0.29) is 39.8 Å². The van der Waals surface area contributed by atoms with Gasteiger partial charge in [0, 0.05) is 5.56 Å². The number of halogens is 2. The number of urea groups is 1. The molecule has 0 bridgehead atoms. The van der Waals surface area contributed by atoms with Gasteiger partial charge in [-0.2, -0.15) is 0 Å². The zero-order valence-electron chi connectivity index (χ0n) is 21.5. The van der Waals surface area contributed by atoms with Crippen LogP contribution in [0.5, 0.6) is 0 Å². The first-order chi connectivity index (χ1) is 19.1. The molecule has 0 aromatic heterocycles. The number of aliphatic carboxylic acids is 1. The molecule has 0 unspecified atom stereocenters. The number of aryl methyl sites for hydroxylation is 1. The zero-order valence-corrected chi connectivity index (χ0v) is 23.1. The van der Waals surface area contributed by atoms with Gasteiger partial charge >= 0.3 is 12.0 Å². The van der Waals surface area contributed by atoms with Crippen molar-refractivity contribution < 1.29 is 24.3 Å². The molecule has 9 nitrogen and oxygen atoms in total. The summed E-state index contributed by atoms with van der Waals surface area (Å²) in [6, 6.07) is 17.2. The largest absolute Gasteiger partial charge is 0.480 e. The molecule has 0 aliphatic heterocycles. The number of hydrogen-bond donors (Lipinski definition) is 5. The van der Waals surface area contributed by atoms with Crippen molar-refractivity contribution in [2.75, 3.05) is 6.54 Å². The summed E-state index contributed by atoms with van der Waals surface area (Å²) >= 11 is 12.6. The average molecular weight is 583 g/mol. The van der Waals surface area contributed by atoms with Gasteiger partial charge in [-0.25, -0.2) is 9.59 Å². The Hall–Kier alpha value is -4.08. The van der Waals surface area contributed by atoms with Crippen LogP contribution in [0.4, 0.5) is 4.79 Å². The van der Waals surface area contributed by atoms with E-state index in [1.165, 1.54) is 12.1 Å². The summed E-state index contributed by atoms with van der Waals surface area (Å²) in [5.41, 5.74) is 3.03. The lowest BCUT2D eigenvalue weighted by atomic mass is 10.1. The molecular formula is C29H28Cl2N4O5. The number of carbonyl (C=O) groups is 4. The first kappa shape index (κ1) is 28.9. The number of amides is 4. The lowest BCUT2D eigenvalue weighted by Gasteiger charge is -2.19. The molecule has 4 rings (SSSR count). The molecule has 0 radical (unpaired) electrons. The Morgan fingerprint density at radius 3 is 2.25 bits per heavy atom. The Balaban J connectivity index is 1.36. The van der Waals surface area contributed by atoms with Crippen molar-refractivity contribution in [3.8, 4) is 0 Å². The second-order valence-corrected chi connectivity index (χ2v) is 10.2. The highest BCUT2D eigenvalue weighted by Crippen LogP contribution is 2.30. The second kappa shape index (κ2) is 12.8. The van der Waals surface area contributed by atoms with E-state index < -0.39 is 29.9 Å². The third-order valence-electron chi connectivity index (χ3n) is 6.69. The molecule has 3 aromatic rings.